The second-order valence-electron chi connectivity index (χ2n) is 5.09. The molecule has 0 amide bonds. The lowest BCUT2D eigenvalue weighted by Gasteiger charge is -2.34. The number of hydrogen-bond donors (Lipinski definition) is 0. The maximum atomic E-state index is 11.4. The van der Waals surface area contributed by atoms with E-state index >= 15 is 0 Å². The summed E-state index contributed by atoms with van der Waals surface area (Å²) in [6.45, 7) is 2.69. The van der Waals surface area contributed by atoms with E-state index in [0.29, 0.717) is 42.9 Å². The van der Waals surface area contributed by atoms with Gasteiger partial charge in [-0.15, -0.1) is 0 Å². The van der Waals surface area contributed by atoms with Gasteiger partial charge in [0.25, 0.3) is 4.96 Å². The zero-order valence-corrected chi connectivity index (χ0v) is 12.9. The number of fused-ring (bicyclic) bond motifs is 1. The molecule has 0 atom stereocenters. The van der Waals surface area contributed by atoms with Crippen molar-refractivity contribution >= 4 is 33.9 Å². The lowest BCUT2D eigenvalue weighted by Crippen LogP contribution is -2.47. The van der Waals surface area contributed by atoms with Crippen molar-refractivity contribution in [2.45, 2.75) is 0 Å². The molecule has 4 heterocycles. The molecule has 0 saturated carbocycles. The molecule has 0 aliphatic carbocycles. The van der Waals surface area contributed by atoms with Crippen molar-refractivity contribution in [1.82, 2.24) is 19.4 Å². The first-order chi connectivity index (χ1) is 11.2. The largest absolute Gasteiger partial charge is 0.373 e. The number of thiazole rings is 1. The third-order valence-electron chi connectivity index (χ3n) is 3.81. The summed E-state index contributed by atoms with van der Waals surface area (Å²) >= 11 is 1.39. The highest BCUT2D eigenvalue weighted by Gasteiger charge is 2.30. The van der Waals surface area contributed by atoms with E-state index < -0.39 is 0 Å². The topological polar surface area (TPSA) is 92.7 Å². The molecule has 4 rings (SSSR count). The van der Waals surface area contributed by atoms with Crippen LogP contribution in [-0.4, -0.2) is 50.5 Å². The molecule has 1 fully saturated rings. The van der Waals surface area contributed by atoms with E-state index in [0.717, 1.165) is 0 Å². The van der Waals surface area contributed by atoms with Gasteiger partial charge in [-0.05, 0) is 11.0 Å². The molecule has 9 nitrogen and oxygen atoms in total. The summed E-state index contributed by atoms with van der Waals surface area (Å²) in [6, 6.07) is 1.78. The highest BCUT2D eigenvalue weighted by molar-refractivity contribution is 7.15. The minimum atomic E-state index is -0.366. The first-order valence-electron chi connectivity index (χ1n) is 7.11. The Hall–Kier alpha value is -2.75. The fourth-order valence-electron chi connectivity index (χ4n) is 2.72. The molecule has 0 spiro atoms. The number of anilines is 2. The van der Waals surface area contributed by atoms with E-state index in [1.165, 1.54) is 15.7 Å². The number of nitro groups is 1. The Balaban J connectivity index is 1.58. The van der Waals surface area contributed by atoms with Gasteiger partial charge in [0.05, 0.1) is 0 Å². The van der Waals surface area contributed by atoms with Gasteiger partial charge in [-0.25, -0.2) is 9.97 Å². The molecular weight excluding hydrogens is 318 g/mol. The van der Waals surface area contributed by atoms with Crippen LogP contribution < -0.4 is 9.80 Å². The summed E-state index contributed by atoms with van der Waals surface area (Å²) in [6.07, 6.45) is 5.11. The fourth-order valence-corrected chi connectivity index (χ4v) is 3.42. The Morgan fingerprint density at radius 2 is 1.83 bits per heavy atom. The number of imidazole rings is 1. The standard InChI is InChI=1S/C13H13N7O2S/c21-20(22)11-10(16-13-19(11)8-9-23-13)17-4-6-18(7-5-17)12-14-2-1-3-15-12/h1-3,8-9H,4-7H2. The van der Waals surface area contributed by atoms with E-state index in [-0.39, 0.29) is 10.7 Å². The molecule has 0 N–H and O–H groups in total. The second-order valence-corrected chi connectivity index (χ2v) is 5.97. The third-order valence-corrected chi connectivity index (χ3v) is 4.56. The summed E-state index contributed by atoms with van der Waals surface area (Å²) in [4.78, 5) is 28.6. The van der Waals surface area contributed by atoms with E-state index in [1.54, 1.807) is 30.0 Å². The van der Waals surface area contributed by atoms with Gasteiger partial charge in [-0.2, -0.15) is 9.38 Å². The molecule has 0 aromatic carbocycles. The van der Waals surface area contributed by atoms with Gasteiger partial charge >= 0.3 is 5.82 Å². The van der Waals surface area contributed by atoms with Crippen LogP contribution in [0.4, 0.5) is 17.6 Å². The van der Waals surface area contributed by atoms with Crippen LogP contribution in [0.3, 0.4) is 0 Å². The fraction of sp³-hybridized carbons (Fsp3) is 0.308. The first kappa shape index (κ1) is 13.9. The summed E-state index contributed by atoms with van der Waals surface area (Å²) in [5.74, 6) is 1.16. The Labute approximate surface area is 135 Å². The van der Waals surface area contributed by atoms with Gasteiger partial charge in [-0.1, -0.05) is 11.3 Å². The highest BCUT2D eigenvalue weighted by Crippen LogP contribution is 2.31. The van der Waals surface area contributed by atoms with Crippen molar-refractivity contribution in [3.8, 4) is 0 Å². The van der Waals surface area contributed by atoms with Crippen LogP contribution in [0.2, 0.25) is 0 Å². The van der Waals surface area contributed by atoms with E-state index in [9.17, 15) is 10.1 Å². The summed E-state index contributed by atoms with van der Waals surface area (Å²) < 4.78 is 1.53. The van der Waals surface area contributed by atoms with Crippen LogP contribution in [0.1, 0.15) is 0 Å². The van der Waals surface area contributed by atoms with E-state index in [2.05, 4.69) is 19.9 Å². The number of piperazine rings is 1. The molecule has 0 radical (unpaired) electrons. The smallest absolute Gasteiger partial charge is 0.358 e. The molecule has 1 aliphatic rings. The number of hydrogen-bond acceptors (Lipinski definition) is 8. The molecule has 0 unspecified atom stereocenters. The van der Waals surface area contributed by atoms with Crippen LogP contribution in [0.15, 0.2) is 30.0 Å². The quantitative estimate of drug-likeness (QED) is 0.529. The molecule has 0 bridgehead atoms. The van der Waals surface area contributed by atoms with Gasteiger partial charge in [0, 0.05) is 44.0 Å². The monoisotopic (exact) mass is 331 g/mol. The second kappa shape index (κ2) is 5.47. The maximum Gasteiger partial charge on any atom is 0.373 e. The average molecular weight is 331 g/mol. The van der Waals surface area contributed by atoms with Crippen molar-refractivity contribution in [2.24, 2.45) is 0 Å². The maximum absolute atomic E-state index is 11.4. The summed E-state index contributed by atoms with van der Waals surface area (Å²) in [7, 11) is 0. The zero-order chi connectivity index (χ0) is 15.8. The lowest BCUT2D eigenvalue weighted by molar-refractivity contribution is -0.389. The van der Waals surface area contributed by atoms with Gasteiger partial charge in [0.15, 0.2) is 0 Å². The summed E-state index contributed by atoms with van der Waals surface area (Å²) in [5, 5.41) is 13.2. The van der Waals surface area contributed by atoms with Crippen LogP contribution in [0, 0.1) is 10.1 Å². The Morgan fingerprint density at radius 1 is 1.13 bits per heavy atom. The highest BCUT2D eigenvalue weighted by atomic mass is 32.1. The molecular formula is C13H13N7O2S. The normalized spacial score (nSPS) is 15.3. The van der Waals surface area contributed by atoms with E-state index in [1.807, 2.05) is 4.90 Å². The van der Waals surface area contributed by atoms with Crippen LogP contribution in [0.5, 0.6) is 0 Å². The molecule has 3 aromatic rings. The average Bonchev–Trinajstić information content (AvgIpc) is 3.16. The minimum Gasteiger partial charge on any atom is -0.358 e. The van der Waals surface area contributed by atoms with Gasteiger partial charge in [0.1, 0.15) is 6.20 Å². The van der Waals surface area contributed by atoms with Crippen molar-refractivity contribution in [3.63, 3.8) is 0 Å². The Bertz CT molecular complexity index is 839. The molecule has 1 aliphatic heterocycles. The van der Waals surface area contributed by atoms with Gasteiger partial charge < -0.3 is 19.9 Å². The van der Waals surface area contributed by atoms with Crippen LogP contribution >= 0.6 is 11.3 Å². The van der Waals surface area contributed by atoms with Crippen molar-refractivity contribution < 1.29 is 4.92 Å². The number of aromatic nitrogens is 4. The SMILES string of the molecule is O=[N+]([O-])c1c(N2CCN(c3ncccn3)CC2)nc2sccn12. The Kier molecular flexibility index (Phi) is 3.30. The van der Waals surface area contributed by atoms with Gasteiger partial charge in [-0.3, -0.25) is 0 Å². The van der Waals surface area contributed by atoms with Crippen molar-refractivity contribution in [2.75, 3.05) is 36.0 Å². The predicted molar refractivity (Wildman–Crippen MR) is 86.2 cm³/mol. The minimum absolute atomic E-state index is 0.0330. The predicted octanol–water partition coefficient (Wildman–Crippen LogP) is 1.42. The zero-order valence-electron chi connectivity index (χ0n) is 12.1. The molecule has 118 valence electrons. The van der Waals surface area contributed by atoms with Gasteiger partial charge in [0.2, 0.25) is 11.8 Å². The first-order valence-corrected chi connectivity index (χ1v) is 7.99. The lowest BCUT2D eigenvalue weighted by atomic mass is 10.3. The Morgan fingerprint density at radius 3 is 2.52 bits per heavy atom. The summed E-state index contributed by atoms with van der Waals surface area (Å²) in [5.41, 5.74) is 0. The third kappa shape index (κ3) is 2.36. The molecule has 10 heteroatoms. The van der Waals surface area contributed by atoms with Crippen LogP contribution in [-0.2, 0) is 0 Å². The number of nitrogens with zero attached hydrogens (tertiary/aromatic N) is 7. The van der Waals surface area contributed by atoms with E-state index in [4.69, 9.17) is 0 Å². The number of rotatable bonds is 3. The molecule has 3 aromatic heterocycles. The van der Waals surface area contributed by atoms with Crippen molar-refractivity contribution in [1.29, 1.82) is 0 Å². The van der Waals surface area contributed by atoms with Crippen LogP contribution in [0.25, 0.3) is 4.96 Å². The van der Waals surface area contributed by atoms with Crippen molar-refractivity contribution in [3.05, 3.63) is 40.2 Å². The molecule has 23 heavy (non-hydrogen) atoms. The molecule has 1 saturated heterocycles.